The van der Waals surface area contributed by atoms with E-state index in [1.165, 1.54) is 11.8 Å². The minimum atomic E-state index is -0.552. The van der Waals surface area contributed by atoms with E-state index < -0.39 is 6.29 Å². The van der Waals surface area contributed by atoms with E-state index in [1.54, 1.807) is 28.9 Å². The highest BCUT2D eigenvalue weighted by molar-refractivity contribution is 7.99. The van der Waals surface area contributed by atoms with E-state index in [2.05, 4.69) is 22.4 Å². The number of phenolic OH excluding ortho intramolecular Hbond substituents is 1. The van der Waals surface area contributed by atoms with Crippen LogP contribution in [0.4, 0.5) is 0 Å². The van der Waals surface area contributed by atoms with Gasteiger partial charge in [0.2, 0.25) is 5.16 Å². The maximum atomic E-state index is 9.61. The summed E-state index contributed by atoms with van der Waals surface area (Å²) in [7, 11) is 0. The van der Waals surface area contributed by atoms with E-state index in [4.69, 9.17) is 15.2 Å². The fourth-order valence-electron chi connectivity index (χ4n) is 4.30. The fourth-order valence-corrected chi connectivity index (χ4v) is 5.36. The molecule has 37 heavy (non-hydrogen) atoms. The van der Waals surface area contributed by atoms with Crippen molar-refractivity contribution in [2.75, 3.05) is 5.75 Å². The first-order valence-corrected chi connectivity index (χ1v) is 13.0. The van der Waals surface area contributed by atoms with Crippen LogP contribution in [0.5, 0.6) is 5.75 Å². The second-order valence-corrected chi connectivity index (χ2v) is 9.96. The second kappa shape index (κ2) is 11.4. The summed E-state index contributed by atoms with van der Waals surface area (Å²) in [5.41, 5.74) is 10.4. The number of tetrazole rings is 1. The molecule has 5 rings (SSSR count). The first-order valence-electron chi connectivity index (χ1n) is 12.1. The molecule has 4 N–H and O–H groups in total. The summed E-state index contributed by atoms with van der Waals surface area (Å²) in [6.45, 7) is 2.58. The van der Waals surface area contributed by atoms with Gasteiger partial charge in [-0.1, -0.05) is 67.2 Å². The first-order chi connectivity index (χ1) is 18.1. The van der Waals surface area contributed by atoms with Crippen LogP contribution in [-0.4, -0.2) is 42.3 Å². The van der Waals surface area contributed by atoms with Crippen LogP contribution < -0.4 is 5.73 Å². The average Bonchev–Trinajstić information content (AvgIpc) is 3.42. The molecule has 192 valence electrons. The van der Waals surface area contributed by atoms with Crippen LogP contribution in [0.1, 0.15) is 41.6 Å². The highest BCUT2D eigenvalue weighted by Crippen LogP contribution is 2.43. The van der Waals surface area contributed by atoms with Gasteiger partial charge in [0.25, 0.3) is 0 Å². The summed E-state index contributed by atoms with van der Waals surface area (Å²) < 4.78 is 14.6. The van der Waals surface area contributed by atoms with Crippen molar-refractivity contribution in [1.82, 2.24) is 20.2 Å². The molecule has 0 unspecified atom stereocenters. The summed E-state index contributed by atoms with van der Waals surface area (Å²) in [5.74, 6) is 0.815. The molecular weight excluding hydrogens is 490 g/mol. The Morgan fingerprint density at radius 1 is 0.919 bits per heavy atom. The predicted octanol–water partition coefficient (Wildman–Crippen LogP) is 3.90. The van der Waals surface area contributed by atoms with Gasteiger partial charge in [0.1, 0.15) is 5.75 Å². The molecule has 10 heteroatoms. The third-order valence-electron chi connectivity index (χ3n) is 6.52. The molecule has 4 aromatic rings. The van der Waals surface area contributed by atoms with Crippen molar-refractivity contribution in [3.05, 3.63) is 95.1 Å². The average molecular weight is 520 g/mol. The number of aliphatic hydroxyl groups is 1. The number of thioether (sulfide) groups is 1. The highest BCUT2D eigenvalue weighted by atomic mass is 32.2. The quantitative estimate of drug-likeness (QED) is 0.297. The van der Waals surface area contributed by atoms with Gasteiger partial charge in [-0.15, -0.1) is 5.10 Å². The van der Waals surface area contributed by atoms with Crippen LogP contribution in [0.2, 0.25) is 0 Å². The van der Waals surface area contributed by atoms with Gasteiger partial charge in [0.05, 0.1) is 24.5 Å². The number of benzene rings is 3. The zero-order valence-electron chi connectivity index (χ0n) is 20.3. The van der Waals surface area contributed by atoms with Gasteiger partial charge in [0, 0.05) is 23.8 Å². The molecule has 3 aromatic carbocycles. The number of hydrogen-bond donors (Lipinski definition) is 3. The lowest BCUT2D eigenvalue weighted by Crippen LogP contribution is -2.38. The van der Waals surface area contributed by atoms with Crippen molar-refractivity contribution in [2.24, 2.45) is 11.7 Å². The fraction of sp³-hybridized carbons (Fsp3) is 0.296. The summed E-state index contributed by atoms with van der Waals surface area (Å²) in [4.78, 5) is 0. The van der Waals surface area contributed by atoms with Gasteiger partial charge < -0.3 is 25.4 Å². The second-order valence-electron chi connectivity index (χ2n) is 8.97. The van der Waals surface area contributed by atoms with E-state index in [0.717, 1.165) is 27.9 Å². The van der Waals surface area contributed by atoms with Gasteiger partial charge in [-0.25, -0.2) is 0 Å². The van der Waals surface area contributed by atoms with Crippen molar-refractivity contribution in [3.8, 4) is 11.4 Å². The van der Waals surface area contributed by atoms with Gasteiger partial charge in [0.15, 0.2) is 6.29 Å². The zero-order chi connectivity index (χ0) is 25.8. The lowest BCUT2D eigenvalue weighted by molar-refractivity contribution is -0.268. The summed E-state index contributed by atoms with van der Waals surface area (Å²) in [6, 6.07) is 22.5. The molecule has 0 aliphatic carbocycles. The van der Waals surface area contributed by atoms with E-state index in [0.29, 0.717) is 17.5 Å². The number of aromatic hydroxyl groups is 1. The number of rotatable bonds is 8. The Kier molecular flexibility index (Phi) is 7.82. The molecule has 1 aromatic heterocycles. The lowest BCUT2D eigenvalue weighted by Gasteiger charge is -2.41. The van der Waals surface area contributed by atoms with Crippen molar-refractivity contribution >= 4 is 11.8 Å². The summed E-state index contributed by atoms with van der Waals surface area (Å²) in [6.07, 6.45) is -0.922. The monoisotopic (exact) mass is 519 g/mol. The van der Waals surface area contributed by atoms with Crippen molar-refractivity contribution in [3.63, 3.8) is 0 Å². The minimum Gasteiger partial charge on any atom is -0.508 e. The molecule has 2 heterocycles. The minimum absolute atomic E-state index is 0.00437. The number of ether oxygens (including phenoxy) is 2. The Bertz CT molecular complexity index is 1300. The SMILES string of the molecule is C[C@H]1[C@@H](CSc2nnnn2-c2ccc(O)cc2)O[C@@H](c2ccc(CN)cc2)O[C@H]1c1ccc(CO)cc1. The molecular formula is C27H29N5O4S. The van der Waals surface area contributed by atoms with E-state index >= 15 is 0 Å². The van der Waals surface area contributed by atoms with Gasteiger partial charge in [-0.3, -0.25) is 0 Å². The number of nitrogens with two attached hydrogens (primary N) is 1. The molecule has 1 fully saturated rings. The number of hydrogen-bond acceptors (Lipinski definition) is 9. The third kappa shape index (κ3) is 5.68. The van der Waals surface area contributed by atoms with Crippen LogP contribution >= 0.6 is 11.8 Å². The smallest absolute Gasteiger partial charge is 0.214 e. The number of phenols is 1. The third-order valence-corrected chi connectivity index (χ3v) is 7.53. The molecule has 9 nitrogen and oxygen atoms in total. The summed E-state index contributed by atoms with van der Waals surface area (Å²) >= 11 is 1.50. The van der Waals surface area contributed by atoms with Gasteiger partial charge in [-0.2, -0.15) is 4.68 Å². The maximum Gasteiger partial charge on any atom is 0.214 e. The Labute approximate surface area is 219 Å². The van der Waals surface area contributed by atoms with Gasteiger partial charge >= 0.3 is 0 Å². The van der Waals surface area contributed by atoms with Crippen LogP contribution in [0.25, 0.3) is 5.69 Å². The van der Waals surface area contributed by atoms with Crippen LogP contribution in [0.3, 0.4) is 0 Å². The Morgan fingerprint density at radius 3 is 2.27 bits per heavy atom. The Morgan fingerprint density at radius 2 is 1.59 bits per heavy atom. The molecule has 4 atom stereocenters. The van der Waals surface area contributed by atoms with Crippen LogP contribution in [0, 0.1) is 5.92 Å². The normalized spacial score (nSPS) is 21.7. The molecule has 0 amide bonds. The molecule has 1 aliphatic heterocycles. The molecule has 0 radical (unpaired) electrons. The molecule has 1 aliphatic rings. The van der Waals surface area contributed by atoms with Crippen molar-refractivity contribution < 1.29 is 19.7 Å². The van der Waals surface area contributed by atoms with Crippen molar-refractivity contribution in [1.29, 1.82) is 0 Å². The largest absolute Gasteiger partial charge is 0.508 e. The van der Waals surface area contributed by atoms with E-state index in [9.17, 15) is 10.2 Å². The van der Waals surface area contributed by atoms with Crippen molar-refractivity contribution in [2.45, 2.75) is 43.7 Å². The standard InChI is InChI=1S/C27H29N5O4S/c1-17-24(16-37-27-29-30-31-32(27)22-10-12-23(34)13-11-22)35-26(21-8-2-18(14-28)3-9-21)36-25(17)20-6-4-19(15-33)5-7-20/h2-13,17,24-26,33-34H,14-16,28H2,1H3/t17-,24+,25+,26+/m0/s1. The molecule has 0 bridgehead atoms. The number of aromatic nitrogens is 4. The van der Waals surface area contributed by atoms with E-state index in [1.807, 2.05) is 48.5 Å². The molecule has 1 saturated heterocycles. The maximum absolute atomic E-state index is 9.61. The highest BCUT2D eigenvalue weighted by Gasteiger charge is 2.38. The topological polar surface area (TPSA) is 129 Å². The van der Waals surface area contributed by atoms with Gasteiger partial charge in [-0.05, 0) is 51.4 Å². The van der Waals surface area contributed by atoms with Crippen LogP contribution in [0.15, 0.2) is 78.0 Å². The lowest BCUT2D eigenvalue weighted by atomic mass is 9.91. The first kappa shape index (κ1) is 25.4. The number of nitrogens with zero attached hydrogens (tertiary/aromatic N) is 4. The number of aliphatic hydroxyl groups excluding tert-OH is 1. The molecule has 0 spiro atoms. The predicted molar refractivity (Wildman–Crippen MR) is 139 cm³/mol. The zero-order valence-corrected chi connectivity index (χ0v) is 21.2. The van der Waals surface area contributed by atoms with E-state index in [-0.39, 0.29) is 30.5 Å². The van der Waals surface area contributed by atoms with Crippen LogP contribution in [-0.2, 0) is 22.6 Å². The Hall–Kier alpha value is -3.28. The summed E-state index contributed by atoms with van der Waals surface area (Å²) in [5, 5.41) is 31.8. The molecule has 0 saturated carbocycles. The Balaban J connectivity index is 1.39.